The Morgan fingerprint density at radius 1 is 1.73 bits per heavy atom. The topological polar surface area (TPSA) is 81.3 Å². The third kappa shape index (κ3) is 1.87. The number of carboxylic acids is 1. The summed E-state index contributed by atoms with van der Waals surface area (Å²) >= 11 is 4.62. The second kappa shape index (κ2) is 2.83. The van der Waals surface area contributed by atoms with E-state index < -0.39 is 18.0 Å². The number of aliphatic carboxylic acids is 1. The highest BCUT2D eigenvalue weighted by Crippen LogP contribution is 1.97. The predicted molar refractivity (Wildman–Crippen MR) is 37.7 cm³/mol. The zero-order chi connectivity index (χ0) is 8.43. The average molecular weight is 173 g/mol. The van der Waals surface area contributed by atoms with Crippen molar-refractivity contribution in [3.8, 4) is 0 Å². The molecule has 1 aliphatic heterocycles. The lowest BCUT2D eigenvalue weighted by Crippen LogP contribution is -2.57. The Morgan fingerprint density at radius 2 is 2.36 bits per heavy atom. The van der Waals surface area contributed by atoms with Crippen molar-refractivity contribution < 1.29 is 14.7 Å². The van der Waals surface area contributed by atoms with E-state index in [2.05, 4.69) is 22.9 Å². The molecule has 2 amide bonds. The zero-order valence-electron chi connectivity index (χ0n) is 5.42. The molecular formula is C5H5N2O3S-. The fourth-order valence-electron chi connectivity index (χ4n) is 0.751. The van der Waals surface area contributed by atoms with E-state index in [1.165, 1.54) is 0 Å². The Kier molecular flexibility index (Phi) is 2.04. The molecule has 0 aromatic rings. The molecule has 11 heavy (non-hydrogen) atoms. The molecule has 6 heteroatoms. The van der Waals surface area contributed by atoms with Gasteiger partial charge in [-0.2, -0.15) is 0 Å². The third-order valence-corrected chi connectivity index (χ3v) is 1.50. The SMILES string of the molecule is O=C1NC(=S)CC(C(=O)[O-])N1. The minimum atomic E-state index is -1.32. The zero-order valence-corrected chi connectivity index (χ0v) is 6.23. The molecule has 0 aromatic heterocycles. The number of carbonyl (C=O) groups excluding carboxylic acids is 2. The molecule has 0 aromatic carbocycles. The van der Waals surface area contributed by atoms with Crippen LogP contribution < -0.4 is 15.7 Å². The van der Waals surface area contributed by atoms with Gasteiger partial charge in [-0.15, -0.1) is 0 Å². The number of nitrogens with one attached hydrogen (secondary N) is 2. The molecule has 0 spiro atoms. The molecule has 1 fully saturated rings. The normalized spacial score (nSPS) is 23.8. The number of hydrogen-bond donors (Lipinski definition) is 2. The van der Waals surface area contributed by atoms with Gasteiger partial charge in [-0.1, -0.05) is 12.2 Å². The Labute approximate surface area is 67.8 Å². The van der Waals surface area contributed by atoms with Crippen LogP contribution in [0.25, 0.3) is 0 Å². The van der Waals surface area contributed by atoms with Crippen molar-refractivity contribution in [2.75, 3.05) is 0 Å². The Bertz CT molecular complexity index is 212. The van der Waals surface area contributed by atoms with Gasteiger partial charge in [-0.05, 0) is 0 Å². The largest absolute Gasteiger partial charge is 0.548 e. The smallest absolute Gasteiger partial charge is 0.320 e. The van der Waals surface area contributed by atoms with Crippen molar-refractivity contribution in [3.63, 3.8) is 0 Å². The van der Waals surface area contributed by atoms with E-state index in [1.54, 1.807) is 0 Å². The molecule has 5 nitrogen and oxygen atoms in total. The van der Waals surface area contributed by atoms with Gasteiger partial charge in [-0.25, -0.2) is 4.79 Å². The van der Waals surface area contributed by atoms with Gasteiger partial charge in [0.05, 0.1) is 17.0 Å². The second-order valence-corrected chi connectivity index (χ2v) is 2.59. The van der Waals surface area contributed by atoms with E-state index in [9.17, 15) is 14.7 Å². The lowest BCUT2D eigenvalue weighted by molar-refractivity contribution is -0.308. The quantitative estimate of drug-likeness (QED) is 0.455. The first-order valence-electron chi connectivity index (χ1n) is 2.91. The molecule has 1 heterocycles. The minimum Gasteiger partial charge on any atom is -0.548 e. The number of urea groups is 1. The van der Waals surface area contributed by atoms with Crippen LogP contribution in [-0.4, -0.2) is 23.0 Å². The average Bonchev–Trinajstić information content (AvgIpc) is 1.85. The number of carbonyl (C=O) groups is 2. The maximum Gasteiger partial charge on any atom is 0.320 e. The third-order valence-electron chi connectivity index (χ3n) is 1.23. The van der Waals surface area contributed by atoms with Crippen molar-refractivity contribution in [1.29, 1.82) is 0 Å². The molecule has 1 saturated heterocycles. The van der Waals surface area contributed by atoms with E-state index in [1.807, 2.05) is 0 Å². The van der Waals surface area contributed by atoms with Crippen LogP contribution in [0.5, 0.6) is 0 Å². The summed E-state index contributed by atoms with van der Waals surface area (Å²) in [6.07, 6.45) is 0.101. The minimum absolute atomic E-state index is 0.101. The van der Waals surface area contributed by atoms with Gasteiger partial charge in [0.25, 0.3) is 0 Å². The Balaban J connectivity index is 2.63. The van der Waals surface area contributed by atoms with Crippen molar-refractivity contribution in [1.82, 2.24) is 10.6 Å². The molecular weight excluding hydrogens is 168 g/mol. The lowest BCUT2D eigenvalue weighted by atomic mass is 10.2. The van der Waals surface area contributed by atoms with Crippen LogP contribution in [0.15, 0.2) is 0 Å². The Morgan fingerprint density at radius 3 is 2.82 bits per heavy atom. The summed E-state index contributed by atoms with van der Waals surface area (Å²) in [6, 6.07) is -1.58. The monoisotopic (exact) mass is 173 g/mol. The van der Waals surface area contributed by atoms with Gasteiger partial charge in [0.1, 0.15) is 0 Å². The number of rotatable bonds is 1. The molecule has 0 saturated carbocycles. The van der Waals surface area contributed by atoms with E-state index in [0.717, 1.165) is 0 Å². The molecule has 60 valence electrons. The summed E-state index contributed by atoms with van der Waals surface area (Å²) < 4.78 is 0. The van der Waals surface area contributed by atoms with Gasteiger partial charge in [-0.3, -0.25) is 0 Å². The maximum atomic E-state index is 10.6. The van der Waals surface area contributed by atoms with Crippen LogP contribution >= 0.6 is 12.2 Å². The van der Waals surface area contributed by atoms with Crippen molar-refractivity contribution >= 4 is 29.2 Å². The number of thiocarbonyl (C=S) groups is 1. The number of amides is 2. The Hall–Kier alpha value is -1.17. The highest BCUT2D eigenvalue weighted by Gasteiger charge is 2.21. The van der Waals surface area contributed by atoms with Crippen molar-refractivity contribution in [2.24, 2.45) is 0 Å². The molecule has 0 bridgehead atoms. The summed E-state index contributed by atoms with van der Waals surface area (Å²) in [4.78, 5) is 21.0. The number of hydrogen-bond acceptors (Lipinski definition) is 4. The maximum absolute atomic E-state index is 10.6. The second-order valence-electron chi connectivity index (χ2n) is 2.10. The molecule has 1 unspecified atom stereocenters. The first-order valence-corrected chi connectivity index (χ1v) is 3.31. The first kappa shape index (κ1) is 7.93. The fraction of sp³-hybridized carbons (Fsp3) is 0.400. The van der Waals surface area contributed by atoms with Crippen LogP contribution in [0.3, 0.4) is 0 Å². The van der Waals surface area contributed by atoms with Gasteiger partial charge in [0, 0.05) is 6.42 Å². The standard InChI is InChI=1S/C5H6N2O3S/c8-4(9)2-1-3(11)7-5(10)6-2/h2H,1H2,(H,8,9)(H2,6,7,10,11)/p-1. The van der Waals surface area contributed by atoms with Crippen molar-refractivity contribution in [3.05, 3.63) is 0 Å². The van der Waals surface area contributed by atoms with Gasteiger partial charge >= 0.3 is 6.03 Å². The van der Waals surface area contributed by atoms with Gasteiger partial charge in [0.2, 0.25) is 0 Å². The molecule has 1 rings (SSSR count). The first-order chi connectivity index (χ1) is 5.09. The fourth-order valence-corrected chi connectivity index (χ4v) is 1.01. The van der Waals surface area contributed by atoms with Gasteiger partial charge < -0.3 is 20.5 Å². The van der Waals surface area contributed by atoms with Crippen LogP contribution in [0.4, 0.5) is 4.79 Å². The summed E-state index contributed by atoms with van der Waals surface area (Å²) in [5.74, 6) is -1.32. The van der Waals surface area contributed by atoms with Crippen LogP contribution in [0.2, 0.25) is 0 Å². The van der Waals surface area contributed by atoms with E-state index in [0.29, 0.717) is 0 Å². The van der Waals surface area contributed by atoms with Crippen LogP contribution in [-0.2, 0) is 4.79 Å². The molecule has 1 atom stereocenters. The number of carboxylic acid groups (broad SMARTS) is 1. The predicted octanol–water partition coefficient (Wildman–Crippen LogP) is -1.86. The summed E-state index contributed by atoms with van der Waals surface area (Å²) in [7, 11) is 0. The highest BCUT2D eigenvalue weighted by molar-refractivity contribution is 7.80. The lowest BCUT2D eigenvalue weighted by Gasteiger charge is -2.25. The van der Waals surface area contributed by atoms with Crippen LogP contribution in [0.1, 0.15) is 6.42 Å². The van der Waals surface area contributed by atoms with Crippen molar-refractivity contribution in [2.45, 2.75) is 12.5 Å². The van der Waals surface area contributed by atoms with E-state index in [4.69, 9.17) is 0 Å². The molecule has 1 aliphatic rings. The van der Waals surface area contributed by atoms with E-state index >= 15 is 0 Å². The summed E-state index contributed by atoms with van der Waals surface area (Å²) in [6.45, 7) is 0. The molecule has 2 N–H and O–H groups in total. The molecule has 0 aliphatic carbocycles. The van der Waals surface area contributed by atoms with Gasteiger partial charge in [0.15, 0.2) is 0 Å². The van der Waals surface area contributed by atoms with Crippen LogP contribution in [0, 0.1) is 0 Å². The highest BCUT2D eigenvalue weighted by atomic mass is 32.1. The van der Waals surface area contributed by atoms with E-state index in [-0.39, 0.29) is 11.4 Å². The molecule has 0 radical (unpaired) electrons. The summed E-state index contributed by atoms with van der Waals surface area (Å²) in [5, 5.41) is 14.6. The summed E-state index contributed by atoms with van der Waals surface area (Å²) in [5.41, 5.74) is 0.